The van der Waals surface area contributed by atoms with Crippen LogP contribution in [0.15, 0.2) is 41.8 Å². The molecule has 1 amide bonds. The molecule has 1 aromatic carbocycles. The van der Waals surface area contributed by atoms with E-state index in [1.54, 1.807) is 11.3 Å². The second-order valence-corrected chi connectivity index (χ2v) is 8.91. The Morgan fingerprint density at radius 1 is 1.21 bits per heavy atom. The summed E-state index contributed by atoms with van der Waals surface area (Å²) >= 11 is 1.75. The molecule has 0 aliphatic carbocycles. The molecule has 5 nitrogen and oxygen atoms in total. The number of hydrogen-bond acceptors (Lipinski definition) is 5. The maximum Gasteiger partial charge on any atom is 0.407 e. The van der Waals surface area contributed by atoms with Crippen molar-refractivity contribution < 1.29 is 14.6 Å². The number of aliphatic hydroxyl groups excluding tert-OH is 1. The van der Waals surface area contributed by atoms with Crippen LogP contribution in [-0.2, 0) is 24.1 Å². The summed E-state index contributed by atoms with van der Waals surface area (Å²) < 4.78 is 5.36. The standard InChI is InChI=1S/C22H32N2O3S/c1-5-18-11-17(15-28-18)13-23-14-20(25)19(12-16-9-7-6-8-10-16)24-21(26)27-22(2,3)4/h6-11,15,19-20,23,25H,5,12-14H2,1-4H3,(H,24,26)/t19-,20+/m0/s1. The first kappa shape index (κ1) is 22.4. The van der Waals surface area contributed by atoms with Gasteiger partial charge in [-0.2, -0.15) is 0 Å². The van der Waals surface area contributed by atoms with Gasteiger partial charge >= 0.3 is 6.09 Å². The van der Waals surface area contributed by atoms with Crippen LogP contribution in [0, 0.1) is 0 Å². The van der Waals surface area contributed by atoms with Crippen molar-refractivity contribution in [3.05, 3.63) is 57.8 Å². The van der Waals surface area contributed by atoms with Gasteiger partial charge in [-0.1, -0.05) is 37.3 Å². The molecule has 0 spiro atoms. The lowest BCUT2D eigenvalue weighted by atomic mass is 10.0. The van der Waals surface area contributed by atoms with Crippen LogP contribution in [0.2, 0.25) is 0 Å². The number of carbonyl (C=O) groups is 1. The third-order valence-electron chi connectivity index (χ3n) is 4.20. The Morgan fingerprint density at radius 3 is 2.54 bits per heavy atom. The van der Waals surface area contributed by atoms with E-state index in [9.17, 15) is 9.90 Å². The molecule has 2 rings (SSSR count). The van der Waals surface area contributed by atoms with Crippen LogP contribution in [0.5, 0.6) is 0 Å². The van der Waals surface area contributed by atoms with Crippen LogP contribution < -0.4 is 10.6 Å². The van der Waals surface area contributed by atoms with Gasteiger partial charge in [-0.15, -0.1) is 11.3 Å². The lowest BCUT2D eigenvalue weighted by Gasteiger charge is -2.27. The molecule has 1 aromatic heterocycles. The molecule has 28 heavy (non-hydrogen) atoms. The van der Waals surface area contributed by atoms with E-state index in [0.717, 1.165) is 12.0 Å². The molecule has 0 bridgehead atoms. The molecular weight excluding hydrogens is 372 g/mol. The van der Waals surface area contributed by atoms with Crippen molar-refractivity contribution in [3.63, 3.8) is 0 Å². The quantitative estimate of drug-likeness (QED) is 0.593. The SMILES string of the molecule is CCc1cc(CNC[C@@H](O)[C@H](Cc2ccccc2)NC(=O)OC(C)(C)C)cs1. The van der Waals surface area contributed by atoms with Crippen LogP contribution in [0.25, 0.3) is 0 Å². The Hall–Kier alpha value is -1.89. The summed E-state index contributed by atoms with van der Waals surface area (Å²) in [6.07, 6.45) is 0.308. The molecule has 6 heteroatoms. The van der Waals surface area contributed by atoms with Crippen LogP contribution >= 0.6 is 11.3 Å². The van der Waals surface area contributed by atoms with Gasteiger partial charge in [0.25, 0.3) is 0 Å². The van der Waals surface area contributed by atoms with Crippen molar-refractivity contribution in [2.75, 3.05) is 6.54 Å². The third-order valence-corrected chi connectivity index (χ3v) is 5.33. The normalized spacial score (nSPS) is 13.8. The maximum atomic E-state index is 12.2. The molecule has 0 fully saturated rings. The van der Waals surface area contributed by atoms with Gasteiger partial charge in [-0.3, -0.25) is 0 Å². The minimum Gasteiger partial charge on any atom is -0.444 e. The number of nitrogens with one attached hydrogen (secondary N) is 2. The molecule has 2 atom stereocenters. The first-order chi connectivity index (χ1) is 13.3. The largest absolute Gasteiger partial charge is 0.444 e. The number of ether oxygens (including phenoxy) is 1. The molecule has 0 aliphatic heterocycles. The summed E-state index contributed by atoms with van der Waals surface area (Å²) in [4.78, 5) is 13.6. The van der Waals surface area contributed by atoms with Gasteiger partial charge < -0.3 is 20.5 Å². The Balaban J connectivity index is 1.94. The molecule has 154 valence electrons. The summed E-state index contributed by atoms with van der Waals surface area (Å²) in [5.74, 6) is 0. The smallest absolute Gasteiger partial charge is 0.407 e. The number of thiophene rings is 1. The fourth-order valence-corrected chi connectivity index (χ4v) is 3.66. The summed E-state index contributed by atoms with van der Waals surface area (Å²) in [5.41, 5.74) is 1.68. The number of aryl methyl sites for hydroxylation is 1. The number of aliphatic hydroxyl groups is 1. The fraction of sp³-hybridized carbons (Fsp3) is 0.500. The van der Waals surface area contributed by atoms with E-state index in [4.69, 9.17) is 4.74 Å². The zero-order valence-corrected chi connectivity index (χ0v) is 18.0. The first-order valence-corrected chi connectivity index (χ1v) is 10.6. The Morgan fingerprint density at radius 2 is 1.93 bits per heavy atom. The monoisotopic (exact) mass is 404 g/mol. The lowest BCUT2D eigenvalue weighted by molar-refractivity contribution is 0.0422. The van der Waals surface area contributed by atoms with E-state index in [-0.39, 0.29) is 0 Å². The highest BCUT2D eigenvalue weighted by atomic mass is 32.1. The van der Waals surface area contributed by atoms with E-state index in [1.165, 1.54) is 10.4 Å². The minimum absolute atomic E-state index is 0.380. The summed E-state index contributed by atoms with van der Waals surface area (Å²) in [6.45, 7) is 8.68. The average Bonchev–Trinajstić information content (AvgIpc) is 3.08. The molecule has 0 unspecified atom stereocenters. The second kappa shape index (κ2) is 10.6. The number of rotatable bonds is 9. The highest BCUT2D eigenvalue weighted by molar-refractivity contribution is 7.10. The summed E-state index contributed by atoms with van der Waals surface area (Å²) in [5, 5.41) is 19.0. The van der Waals surface area contributed by atoms with Crippen LogP contribution in [0.1, 0.15) is 43.7 Å². The zero-order chi connectivity index (χ0) is 20.6. The van der Waals surface area contributed by atoms with Crippen molar-refractivity contribution >= 4 is 17.4 Å². The van der Waals surface area contributed by atoms with Crippen molar-refractivity contribution in [1.82, 2.24) is 10.6 Å². The van der Waals surface area contributed by atoms with Crippen molar-refractivity contribution in [3.8, 4) is 0 Å². The highest BCUT2D eigenvalue weighted by Crippen LogP contribution is 2.15. The Bertz CT molecular complexity index is 725. The predicted molar refractivity (Wildman–Crippen MR) is 115 cm³/mol. The number of benzene rings is 1. The topological polar surface area (TPSA) is 70.6 Å². The van der Waals surface area contributed by atoms with Gasteiger partial charge in [-0.25, -0.2) is 4.79 Å². The Kier molecular flexibility index (Phi) is 8.48. The van der Waals surface area contributed by atoms with Gasteiger partial charge in [0.05, 0.1) is 12.1 Å². The van der Waals surface area contributed by atoms with Crippen molar-refractivity contribution in [1.29, 1.82) is 0 Å². The second-order valence-electron chi connectivity index (χ2n) is 7.92. The van der Waals surface area contributed by atoms with Crippen LogP contribution in [0.3, 0.4) is 0 Å². The van der Waals surface area contributed by atoms with Gasteiger partial charge in [0.2, 0.25) is 0 Å². The van der Waals surface area contributed by atoms with Crippen LogP contribution in [-0.4, -0.2) is 35.5 Å². The number of amides is 1. The number of carbonyl (C=O) groups excluding carboxylic acids is 1. The highest BCUT2D eigenvalue weighted by Gasteiger charge is 2.24. The molecule has 0 saturated heterocycles. The van der Waals surface area contributed by atoms with Gasteiger partial charge in [0.15, 0.2) is 0 Å². The number of alkyl carbamates (subject to hydrolysis) is 1. The molecule has 0 radical (unpaired) electrons. The van der Waals surface area contributed by atoms with E-state index < -0.39 is 23.8 Å². The van der Waals surface area contributed by atoms with Crippen LogP contribution in [0.4, 0.5) is 4.79 Å². The molecular formula is C22H32N2O3S. The van der Waals surface area contributed by atoms with E-state index in [1.807, 2.05) is 51.1 Å². The maximum absolute atomic E-state index is 12.2. The van der Waals surface area contributed by atoms with Crippen molar-refractivity contribution in [2.24, 2.45) is 0 Å². The zero-order valence-electron chi connectivity index (χ0n) is 17.2. The van der Waals surface area contributed by atoms with E-state index in [0.29, 0.717) is 19.5 Å². The fourth-order valence-electron chi connectivity index (χ4n) is 2.82. The molecule has 2 aromatic rings. The lowest BCUT2D eigenvalue weighted by Crippen LogP contribution is -2.49. The molecule has 0 aliphatic rings. The third kappa shape index (κ3) is 8.00. The van der Waals surface area contributed by atoms with Gasteiger partial charge in [-0.05, 0) is 56.2 Å². The van der Waals surface area contributed by atoms with Gasteiger partial charge in [0, 0.05) is 18.0 Å². The van der Waals surface area contributed by atoms with Gasteiger partial charge in [0.1, 0.15) is 5.60 Å². The molecule has 0 saturated carbocycles. The molecule has 1 heterocycles. The Labute approximate surface area is 172 Å². The molecule has 3 N–H and O–H groups in total. The van der Waals surface area contributed by atoms with Crippen molar-refractivity contribution in [2.45, 2.75) is 64.8 Å². The average molecular weight is 405 g/mol. The number of hydrogen-bond donors (Lipinski definition) is 3. The minimum atomic E-state index is -0.739. The predicted octanol–water partition coefficient (Wildman–Crippen LogP) is 3.90. The first-order valence-electron chi connectivity index (χ1n) is 9.75. The van der Waals surface area contributed by atoms with E-state index in [2.05, 4.69) is 29.0 Å². The van der Waals surface area contributed by atoms with E-state index >= 15 is 0 Å². The summed E-state index contributed by atoms with van der Waals surface area (Å²) in [6, 6.07) is 11.6. The summed E-state index contributed by atoms with van der Waals surface area (Å²) in [7, 11) is 0.